The molecule has 0 aromatic heterocycles. The van der Waals surface area contributed by atoms with Gasteiger partial charge in [0.15, 0.2) is 0 Å². The summed E-state index contributed by atoms with van der Waals surface area (Å²) in [7, 11) is 0. The molecule has 0 radical (unpaired) electrons. The first-order chi connectivity index (χ1) is 10.6. The minimum absolute atomic E-state index is 0.0293. The largest absolute Gasteiger partial charge is 0.352 e. The van der Waals surface area contributed by atoms with Crippen molar-refractivity contribution in [2.75, 3.05) is 6.54 Å². The number of amides is 2. The van der Waals surface area contributed by atoms with Crippen LogP contribution >= 0.6 is 11.6 Å². The van der Waals surface area contributed by atoms with Crippen LogP contribution in [-0.2, 0) is 4.79 Å². The van der Waals surface area contributed by atoms with E-state index in [-0.39, 0.29) is 29.1 Å². The number of carbonyl (C=O) groups excluding carboxylic acids is 2. The van der Waals surface area contributed by atoms with Crippen LogP contribution in [0.1, 0.15) is 48.9 Å². The van der Waals surface area contributed by atoms with Crippen molar-refractivity contribution in [1.29, 1.82) is 0 Å². The van der Waals surface area contributed by atoms with Gasteiger partial charge in [0.2, 0.25) is 5.91 Å². The van der Waals surface area contributed by atoms with Crippen LogP contribution in [0.3, 0.4) is 0 Å². The first-order valence-electron chi connectivity index (χ1n) is 7.59. The average molecular weight is 327 g/mol. The molecule has 1 aliphatic rings. The maximum absolute atomic E-state index is 13.6. The Balaban J connectivity index is 1.84. The number of hydrogen-bond donors (Lipinski definition) is 2. The fourth-order valence-corrected chi connectivity index (χ4v) is 2.91. The molecule has 0 spiro atoms. The predicted molar refractivity (Wildman–Crippen MR) is 83.4 cm³/mol. The lowest BCUT2D eigenvalue weighted by Crippen LogP contribution is -2.42. The van der Waals surface area contributed by atoms with Gasteiger partial charge in [-0.2, -0.15) is 0 Å². The normalized spacial score (nSPS) is 15.9. The third-order valence-electron chi connectivity index (χ3n) is 3.82. The Bertz CT molecular complexity index is 523. The zero-order valence-electron chi connectivity index (χ0n) is 12.3. The summed E-state index contributed by atoms with van der Waals surface area (Å²) in [4.78, 5) is 23.8. The van der Waals surface area contributed by atoms with E-state index in [1.165, 1.54) is 25.0 Å². The Hall–Kier alpha value is -1.62. The van der Waals surface area contributed by atoms with Crippen molar-refractivity contribution in [3.63, 3.8) is 0 Å². The van der Waals surface area contributed by atoms with Gasteiger partial charge in [-0.05, 0) is 25.0 Å². The van der Waals surface area contributed by atoms with Gasteiger partial charge in [-0.25, -0.2) is 4.39 Å². The summed E-state index contributed by atoms with van der Waals surface area (Å²) in [5.74, 6) is -1.64. The summed E-state index contributed by atoms with van der Waals surface area (Å²) < 4.78 is 13.6. The molecule has 4 nitrogen and oxygen atoms in total. The highest BCUT2D eigenvalue weighted by Crippen LogP contribution is 2.19. The summed E-state index contributed by atoms with van der Waals surface area (Å²) in [5.41, 5.74) is -0.230. The van der Waals surface area contributed by atoms with Gasteiger partial charge < -0.3 is 10.6 Å². The van der Waals surface area contributed by atoms with Crippen LogP contribution in [-0.4, -0.2) is 24.4 Å². The maximum Gasteiger partial charge on any atom is 0.256 e. The molecule has 6 heteroatoms. The van der Waals surface area contributed by atoms with Crippen molar-refractivity contribution >= 4 is 23.4 Å². The first-order valence-corrected chi connectivity index (χ1v) is 7.97. The molecular formula is C16H20ClFN2O2. The van der Waals surface area contributed by atoms with E-state index in [1.54, 1.807) is 0 Å². The summed E-state index contributed by atoms with van der Waals surface area (Å²) in [6, 6.07) is 4.19. The fourth-order valence-electron chi connectivity index (χ4n) is 2.67. The van der Waals surface area contributed by atoms with Gasteiger partial charge in [0.1, 0.15) is 5.82 Å². The SMILES string of the molecule is O=C(CNC(=O)c1c(F)cccc1Cl)NC1CCCCCC1. The zero-order chi connectivity index (χ0) is 15.9. The van der Waals surface area contributed by atoms with Gasteiger partial charge in [0.25, 0.3) is 5.91 Å². The van der Waals surface area contributed by atoms with Crippen LogP contribution in [0, 0.1) is 5.82 Å². The highest BCUT2D eigenvalue weighted by molar-refractivity contribution is 6.33. The molecule has 1 saturated carbocycles. The van der Waals surface area contributed by atoms with Gasteiger partial charge >= 0.3 is 0 Å². The Labute approximate surface area is 134 Å². The lowest BCUT2D eigenvalue weighted by Gasteiger charge is -2.16. The number of hydrogen-bond acceptors (Lipinski definition) is 2. The van der Waals surface area contributed by atoms with Crippen LogP contribution in [0.25, 0.3) is 0 Å². The highest BCUT2D eigenvalue weighted by Gasteiger charge is 2.18. The fraction of sp³-hybridized carbons (Fsp3) is 0.500. The monoisotopic (exact) mass is 326 g/mol. The van der Waals surface area contributed by atoms with E-state index in [2.05, 4.69) is 10.6 Å². The molecule has 0 atom stereocenters. The second-order valence-corrected chi connectivity index (χ2v) is 5.94. The van der Waals surface area contributed by atoms with Crippen molar-refractivity contribution in [1.82, 2.24) is 10.6 Å². The molecule has 120 valence electrons. The van der Waals surface area contributed by atoms with E-state index in [1.807, 2.05) is 0 Å². The third kappa shape index (κ3) is 4.70. The molecule has 0 aliphatic heterocycles. The van der Waals surface area contributed by atoms with Crippen LogP contribution in [0.2, 0.25) is 5.02 Å². The standard InChI is InChI=1S/C16H20ClFN2O2/c17-12-8-5-9-13(18)15(12)16(22)19-10-14(21)20-11-6-3-1-2-4-7-11/h5,8-9,11H,1-4,6-7,10H2,(H,19,22)(H,20,21). The molecule has 0 saturated heterocycles. The zero-order valence-corrected chi connectivity index (χ0v) is 13.1. The van der Waals surface area contributed by atoms with Crippen LogP contribution in [0.5, 0.6) is 0 Å². The molecule has 2 amide bonds. The quantitative estimate of drug-likeness (QED) is 0.835. The van der Waals surface area contributed by atoms with Crippen molar-refractivity contribution in [2.24, 2.45) is 0 Å². The number of rotatable bonds is 4. The van der Waals surface area contributed by atoms with E-state index in [9.17, 15) is 14.0 Å². The van der Waals surface area contributed by atoms with Gasteiger partial charge in [-0.3, -0.25) is 9.59 Å². The summed E-state index contributed by atoms with van der Waals surface area (Å²) in [5, 5.41) is 5.35. The number of benzene rings is 1. The van der Waals surface area contributed by atoms with E-state index in [0.29, 0.717) is 0 Å². The molecule has 2 N–H and O–H groups in total. The van der Waals surface area contributed by atoms with Gasteiger partial charge in [-0.1, -0.05) is 43.4 Å². The molecule has 1 fully saturated rings. The van der Waals surface area contributed by atoms with Crippen molar-refractivity contribution in [3.05, 3.63) is 34.6 Å². The number of nitrogens with one attached hydrogen (secondary N) is 2. The lowest BCUT2D eigenvalue weighted by atomic mass is 10.1. The highest BCUT2D eigenvalue weighted by atomic mass is 35.5. The summed E-state index contributed by atoms with van der Waals surface area (Å²) >= 11 is 5.81. The maximum atomic E-state index is 13.6. The molecule has 22 heavy (non-hydrogen) atoms. The van der Waals surface area contributed by atoms with E-state index < -0.39 is 11.7 Å². The third-order valence-corrected chi connectivity index (χ3v) is 4.13. The second kappa shape index (κ2) is 8.13. The van der Waals surface area contributed by atoms with Crippen LogP contribution in [0.4, 0.5) is 4.39 Å². The topological polar surface area (TPSA) is 58.2 Å². The lowest BCUT2D eigenvalue weighted by molar-refractivity contribution is -0.120. The van der Waals surface area contributed by atoms with E-state index in [0.717, 1.165) is 31.7 Å². The Morgan fingerprint density at radius 2 is 1.86 bits per heavy atom. The summed E-state index contributed by atoms with van der Waals surface area (Å²) in [6.45, 7) is -0.181. The van der Waals surface area contributed by atoms with Gasteiger partial charge in [0, 0.05) is 6.04 Å². The molecule has 0 bridgehead atoms. The predicted octanol–water partition coefficient (Wildman–Crippen LogP) is 3.05. The molecule has 1 aromatic rings. The smallest absolute Gasteiger partial charge is 0.256 e. The Kier molecular flexibility index (Phi) is 6.19. The Morgan fingerprint density at radius 1 is 1.18 bits per heavy atom. The Morgan fingerprint density at radius 3 is 2.50 bits per heavy atom. The number of carbonyl (C=O) groups is 2. The summed E-state index contributed by atoms with van der Waals surface area (Å²) in [6.07, 6.45) is 6.58. The molecule has 0 unspecified atom stereocenters. The van der Waals surface area contributed by atoms with Gasteiger partial charge in [0.05, 0.1) is 17.1 Å². The van der Waals surface area contributed by atoms with E-state index in [4.69, 9.17) is 11.6 Å². The average Bonchev–Trinajstić information content (AvgIpc) is 2.73. The minimum Gasteiger partial charge on any atom is -0.352 e. The molecule has 1 aliphatic carbocycles. The first kappa shape index (κ1) is 16.7. The van der Waals surface area contributed by atoms with Crippen molar-refractivity contribution < 1.29 is 14.0 Å². The van der Waals surface area contributed by atoms with Crippen molar-refractivity contribution in [3.8, 4) is 0 Å². The van der Waals surface area contributed by atoms with Crippen molar-refractivity contribution in [2.45, 2.75) is 44.6 Å². The van der Waals surface area contributed by atoms with Crippen LogP contribution in [0.15, 0.2) is 18.2 Å². The molecular weight excluding hydrogens is 307 g/mol. The van der Waals surface area contributed by atoms with E-state index >= 15 is 0 Å². The minimum atomic E-state index is -0.700. The second-order valence-electron chi connectivity index (χ2n) is 5.54. The van der Waals surface area contributed by atoms with Gasteiger partial charge in [-0.15, -0.1) is 0 Å². The number of halogens is 2. The molecule has 0 heterocycles. The molecule has 1 aromatic carbocycles. The molecule has 2 rings (SSSR count). The van der Waals surface area contributed by atoms with Crippen LogP contribution < -0.4 is 10.6 Å².